The Morgan fingerprint density at radius 1 is 1.20 bits per heavy atom. The largest absolute Gasteiger partial charge is 0.433 e. The predicted molar refractivity (Wildman–Crippen MR) is 98.8 cm³/mol. The lowest BCUT2D eigenvalue weighted by molar-refractivity contribution is -0.141. The number of hydrogen-bond donors (Lipinski definition) is 3. The van der Waals surface area contributed by atoms with E-state index in [9.17, 15) is 18.3 Å². The van der Waals surface area contributed by atoms with Gasteiger partial charge in [0.05, 0.1) is 18.3 Å². The van der Waals surface area contributed by atoms with Gasteiger partial charge in [0.1, 0.15) is 5.82 Å². The van der Waals surface area contributed by atoms with E-state index in [1.54, 1.807) is 12.1 Å². The van der Waals surface area contributed by atoms with Crippen molar-refractivity contribution in [1.82, 2.24) is 9.97 Å². The average molecular weight is 466 g/mol. The number of benzene rings is 1. The molecule has 0 saturated carbocycles. The van der Waals surface area contributed by atoms with Crippen molar-refractivity contribution in [2.75, 3.05) is 17.2 Å². The molecule has 0 radical (unpaired) electrons. The zero-order valence-corrected chi connectivity index (χ0v) is 15.8. The lowest BCUT2D eigenvalue weighted by atomic mass is 10.1. The molecule has 0 amide bonds. The molecule has 0 spiro atoms. The van der Waals surface area contributed by atoms with Gasteiger partial charge in [0.2, 0.25) is 5.95 Å². The van der Waals surface area contributed by atoms with Crippen LogP contribution < -0.4 is 10.6 Å². The van der Waals surface area contributed by atoms with Crippen molar-refractivity contribution >= 4 is 40.0 Å². The molecule has 0 saturated heterocycles. The number of nitrogens with zero attached hydrogens (tertiary/aromatic N) is 2. The summed E-state index contributed by atoms with van der Waals surface area (Å²) in [6, 6.07) is 7.58. The van der Waals surface area contributed by atoms with Gasteiger partial charge in [0.15, 0.2) is 5.69 Å². The van der Waals surface area contributed by atoms with E-state index in [4.69, 9.17) is 0 Å². The zero-order valence-electron chi connectivity index (χ0n) is 13.6. The highest BCUT2D eigenvalue weighted by atomic mass is 127. The maximum absolute atomic E-state index is 13.1. The molecule has 0 aliphatic carbocycles. The van der Waals surface area contributed by atoms with Gasteiger partial charge < -0.3 is 15.7 Å². The number of nitrogens with one attached hydrogen (secondary N) is 2. The van der Waals surface area contributed by atoms with Gasteiger partial charge in [-0.25, -0.2) is 4.98 Å². The number of rotatable bonds is 6. The highest BCUT2D eigenvalue weighted by molar-refractivity contribution is 14.1. The molecular formula is C16H18F3IN4O. The van der Waals surface area contributed by atoms with Crippen LogP contribution in [0.3, 0.4) is 0 Å². The Kier molecular flexibility index (Phi) is 6.44. The van der Waals surface area contributed by atoms with Crippen molar-refractivity contribution in [2.45, 2.75) is 26.1 Å². The minimum Gasteiger partial charge on any atom is -0.394 e. The van der Waals surface area contributed by atoms with Crippen molar-refractivity contribution in [3.05, 3.63) is 39.6 Å². The monoisotopic (exact) mass is 466 g/mol. The lowest BCUT2D eigenvalue weighted by Gasteiger charge is -2.21. The number of alkyl halides is 3. The molecule has 0 aliphatic heterocycles. The lowest BCUT2D eigenvalue weighted by Crippen LogP contribution is -2.30. The Morgan fingerprint density at radius 3 is 2.44 bits per heavy atom. The maximum atomic E-state index is 13.1. The van der Waals surface area contributed by atoms with Crippen LogP contribution in [0.4, 0.5) is 30.6 Å². The van der Waals surface area contributed by atoms with Gasteiger partial charge in [0, 0.05) is 9.64 Å². The number of halogens is 4. The fourth-order valence-corrected chi connectivity index (χ4v) is 2.53. The third-order valence-corrected chi connectivity index (χ3v) is 4.41. The molecular weight excluding hydrogens is 448 g/mol. The second-order valence-electron chi connectivity index (χ2n) is 5.74. The number of anilines is 3. The Morgan fingerprint density at radius 2 is 1.88 bits per heavy atom. The summed E-state index contributed by atoms with van der Waals surface area (Å²) in [7, 11) is 0. The second kappa shape index (κ2) is 8.17. The molecule has 2 aromatic rings. The van der Waals surface area contributed by atoms with Crippen LogP contribution in [0.5, 0.6) is 0 Å². The molecule has 2 rings (SSSR count). The van der Waals surface area contributed by atoms with Crippen LogP contribution in [0.2, 0.25) is 0 Å². The topological polar surface area (TPSA) is 70.1 Å². The zero-order chi connectivity index (χ0) is 18.6. The molecule has 1 heterocycles. The molecule has 0 unspecified atom stereocenters. The van der Waals surface area contributed by atoms with Gasteiger partial charge in [-0.1, -0.05) is 26.0 Å². The summed E-state index contributed by atoms with van der Waals surface area (Å²) in [5.74, 6) is -0.167. The predicted octanol–water partition coefficient (Wildman–Crippen LogP) is 4.27. The SMILES string of the molecule is CC(C)[C@H](CO)Nc1nc(Nc2ccccc2I)cc(C(F)(F)F)n1. The molecule has 25 heavy (non-hydrogen) atoms. The molecule has 0 fully saturated rings. The fraction of sp³-hybridized carbons (Fsp3) is 0.375. The molecule has 136 valence electrons. The highest BCUT2D eigenvalue weighted by Crippen LogP contribution is 2.31. The minimum atomic E-state index is -4.60. The van der Waals surface area contributed by atoms with E-state index in [0.717, 1.165) is 9.64 Å². The summed E-state index contributed by atoms with van der Waals surface area (Å²) in [6.07, 6.45) is -4.60. The summed E-state index contributed by atoms with van der Waals surface area (Å²) < 4.78 is 40.3. The van der Waals surface area contributed by atoms with Gasteiger partial charge in [-0.2, -0.15) is 18.2 Å². The van der Waals surface area contributed by atoms with Crippen LogP contribution in [-0.2, 0) is 6.18 Å². The first-order valence-corrected chi connectivity index (χ1v) is 8.63. The van der Waals surface area contributed by atoms with E-state index in [2.05, 4.69) is 43.2 Å². The van der Waals surface area contributed by atoms with Crippen LogP contribution in [0, 0.1) is 9.49 Å². The molecule has 3 N–H and O–H groups in total. The Balaban J connectivity index is 2.38. The van der Waals surface area contributed by atoms with Gasteiger partial charge in [-0.3, -0.25) is 0 Å². The molecule has 9 heteroatoms. The van der Waals surface area contributed by atoms with Gasteiger partial charge >= 0.3 is 6.18 Å². The molecule has 1 aromatic heterocycles. The number of aliphatic hydroxyl groups is 1. The molecule has 1 atom stereocenters. The molecule has 5 nitrogen and oxygen atoms in total. The number of hydrogen-bond acceptors (Lipinski definition) is 5. The first-order chi connectivity index (χ1) is 11.7. The molecule has 0 aliphatic rings. The van der Waals surface area contributed by atoms with Crippen molar-refractivity contribution in [2.24, 2.45) is 5.92 Å². The molecule has 0 bridgehead atoms. The maximum Gasteiger partial charge on any atom is 0.433 e. The smallest absolute Gasteiger partial charge is 0.394 e. The normalized spacial score (nSPS) is 13.0. The third kappa shape index (κ3) is 5.43. The van der Waals surface area contributed by atoms with Crippen LogP contribution >= 0.6 is 22.6 Å². The van der Waals surface area contributed by atoms with E-state index in [0.29, 0.717) is 5.69 Å². The van der Waals surface area contributed by atoms with Gasteiger partial charge in [-0.15, -0.1) is 0 Å². The van der Waals surface area contributed by atoms with E-state index in [1.165, 1.54) is 0 Å². The van der Waals surface area contributed by atoms with Crippen LogP contribution in [0.1, 0.15) is 19.5 Å². The number of aliphatic hydroxyl groups excluding tert-OH is 1. The Hall–Kier alpha value is -1.62. The number of para-hydroxylation sites is 1. The van der Waals surface area contributed by atoms with Gasteiger partial charge in [0.25, 0.3) is 0 Å². The van der Waals surface area contributed by atoms with Crippen molar-refractivity contribution in [3.63, 3.8) is 0 Å². The summed E-state index contributed by atoms with van der Waals surface area (Å²) >= 11 is 2.08. The summed E-state index contributed by atoms with van der Waals surface area (Å²) in [5, 5.41) is 15.0. The third-order valence-electron chi connectivity index (χ3n) is 3.47. The highest BCUT2D eigenvalue weighted by Gasteiger charge is 2.34. The Bertz CT molecular complexity index is 725. The number of aromatic nitrogens is 2. The van der Waals surface area contributed by atoms with Crippen molar-refractivity contribution in [1.29, 1.82) is 0 Å². The quantitative estimate of drug-likeness (QED) is 0.555. The van der Waals surface area contributed by atoms with E-state index >= 15 is 0 Å². The summed E-state index contributed by atoms with van der Waals surface area (Å²) in [6.45, 7) is 3.44. The van der Waals surface area contributed by atoms with Crippen molar-refractivity contribution < 1.29 is 18.3 Å². The first kappa shape index (κ1) is 19.7. The molecule has 1 aromatic carbocycles. The van der Waals surface area contributed by atoms with E-state index in [1.807, 2.05) is 26.0 Å². The van der Waals surface area contributed by atoms with E-state index < -0.39 is 17.9 Å². The minimum absolute atomic E-state index is 0.00498. The average Bonchev–Trinajstić information content (AvgIpc) is 2.53. The second-order valence-corrected chi connectivity index (χ2v) is 6.90. The van der Waals surface area contributed by atoms with Crippen LogP contribution in [0.15, 0.2) is 30.3 Å². The fourth-order valence-electron chi connectivity index (χ4n) is 2.01. The summed E-state index contributed by atoms with van der Waals surface area (Å²) in [5.41, 5.74) is -0.415. The standard InChI is InChI=1S/C16H18F3IN4O/c1-9(2)12(8-25)22-15-23-13(16(17,18)19)7-14(24-15)21-11-6-4-3-5-10(11)20/h3-7,9,12,25H,8H2,1-2H3,(H2,21,22,23,24)/t12-/m0/s1. The van der Waals surface area contributed by atoms with E-state index in [-0.39, 0.29) is 24.3 Å². The van der Waals surface area contributed by atoms with Crippen molar-refractivity contribution in [3.8, 4) is 0 Å². The van der Waals surface area contributed by atoms with Crippen LogP contribution in [-0.4, -0.2) is 27.7 Å². The first-order valence-electron chi connectivity index (χ1n) is 7.56. The summed E-state index contributed by atoms with van der Waals surface area (Å²) in [4.78, 5) is 7.64. The Labute approximate surface area is 157 Å². The van der Waals surface area contributed by atoms with Crippen LogP contribution in [0.25, 0.3) is 0 Å². The van der Waals surface area contributed by atoms with Gasteiger partial charge in [-0.05, 0) is 40.6 Å².